The summed E-state index contributed by atoms with van der Waals surface area (Å²) in [7, 11) is 0. The maximum atomic E-state index is 12.7. The highest BCUT2D eigenvalue weighted by atomic mass is 32.2. The SMILES string of the molecule is CC(Sc1nnc(-c2cccs2)n1Cc1ccccc1)C(=O)Nc1ccc([N+](=O)[O-])cc1. The normalized spacial score (nSPS) is 11.8. The van der Waals surface area contributed by atoms with E-state index in [1.807, 2.05) is 52.4 Å². The Labute approximate surface area is 192 Å². The minimum Gasteiger partial charge on any atom is -0.325 e. The molecule has 0 fully saturated rings. The molecule has 32 heavy (non-hydrogen) atoms. The Morgan fingerprint density at radius 1 is 1.12 bits per heavy atom. The number of hydrogen-bond donors (Lipinski definition) is 1. The lowest BCUT2D eigenvalue weighted by Crippen LogP contribution is -2.23. The van der Waals surface area contributed by atoms with E-state index >= 15 is 0 Å². The van der Waals surface area contributed by atoms with Crippen LogP contribution < -0.4 is 5.32 Å². The summed E-state index contributed by atoms with van der Waals surface area (Å²) in [5, 5.41) is 24.5. The van der Waals surface area contributed by atoms with E-state index in [1.165, 1.54) is 36.0 Å². The molecule has 0 radical (unpaired) electrons. The second kappa shape index (κ2) is 9.75. The van der Waals surface area contributed by atoms with E-state index in [4.69, 9.17) is 0 Å². The van der Waals surface area contributed by atoms with Crippen molar-refractivity contribution in [3.8, 4) is 10.7 Å². The van der Waals surface area contributed by atoms with Crippen molar-refractivity contribution in [1.29, 1.82) is 0 Å². The fourth-order valence-corrected chi connectivity index (χ4v) is 4.56. The van der Waals surface area contributed by atoms with Crippen molar-refractivity contribution in [2.45, 2.75) is 23.9 Å². The van der Waals surface area contributed by atoms with Crippen LogP contribution in [0.1, 0.15) is 12.5 Å². The monoisotopic (exact) mass is 465 g/mol. The fraction of sp³-hybridized carbons (Fsp3) is 0.136. The van der Waals surface area contributed by atoms with Gasteiger partial charge in [-0.3, -0.25) is 19.5 Å². The van der Waals surface area contributed by atoms with Crippen molar-refractivity contribution in [2.24, 2.45) is 0 Å². The van der Waals surface area contributed by atoms with Gasteiger partial charge < -0.3 is 5.32 Å². The molecule has 0 spiro atoms. The van der Waals surface area contributed by atoms with E-state index in [0.29, 0.717) is 17.4 Å². The number of benzene rings is 2. The molecule has 1 amide bonds. The van der Waals surface area contributed by atoms with Crippen LogP contribution in [0, 0.1) is 10.1 Å². The quantitative estimate of drug-likeness (QED) is 0.221. The van der Waals surface area contributed by atoms with Gasteiger partial charge in [0, 0.05) is 17.8 Å². The predicted octanol–water partition coefficient (Wildman–Crippen LogP) is 5.08. The molecule has 0 aliphatic heterocycles. The van der Waals surface area contributed by atoms with Crippen LogP contribution in [0.5, 0.6) is 0 Å². The van der Waals surface area contributed by atoms with E-state index in [-0.39, 0.29) is 11.6 Å². The Balaban J connectivity index is 1.52. The van der Waals surface area contributed by atoms with Gasteiger partial charge in [0.2, 0.25) is 5.91 Å². The molecule has 4 rings (SSSR count). The molecule has 8 nitrogen and oxygen atoms in total. The minimum absolute atomic E-state index is 0.0273. The van der Waals surface area contributed by atoms with E-state index in [2.05, 4.69) is 15.5 Å². The molecular formula is C22H19N5O3S2. The number of nitro benzene ring substituents is 1. The Hall–Kier alpha value is -3.50. The van der Waals surface area contributed by atoms with Crippen molar-refractivity contribution in [3.63, 3.8) is 0 Å². The summed E-state index contributed by atoms with van der Waals surface area (Å²) in [6, 6.07) is 19.7. The number of non-ortho nitro benzene ring substituents is 1. The van der Waals surface area contributed by atoms with Gasteiger partial charge in [0.25, 0.3) is 5.69 Å². The zero-order valence-electron chi connectivity index (χ0n) is 17.0. The van der Waals surface area contributed by atoms with Gasteiger partial charge in [-0.05, 0) is 36.1 Å². The van der Waals surface area contributed by atoms with Crippen LogP contribution in [0.4, 0.5) is 11.4 Å². The van der Waals surface area contributed by atoms with Crippen molar-refractivity contribution < 1.29 is 9.72 Å². The minimum atomic E-state index is -0.477. The maximum Gasteiger partial charge on any atom is 0.269 e. The third kappa shape index (κ3) is 5.04. The summed E-state index contributed by atoms with van der Waals surface area (Å²) < 4.78 is 2.02. The number of nitrogens with zero attached hydrogens (tertiary/aromatic N) is 4. The second-order valence-electron chi connectivity index (χ2n) is 6.91. The molecule has 1 atom stereocenters. The molecule has 1 unspecified atom stereocenters. The van der Waals surface area contributed by atoms with Crippen LogP contribution in [-0.4, -0.2) is 30.8 Å². The number of thioether (sulfide) groups is 1. The lowest BCUT2D eigenvalue weighted by atomic mass is 10.2. The molecule has 0 aliphatic rings. The molecule has 0 aliphatic carbocycles. The standard InChI is InChI=1S/C22H19N5O3S2/c1-15(21(28)23-17-9-11-18(12-10-17)27(29)30)32-22-25-24-20(19-8-5-13-31-19)26(22)14-16-6-3-2-4-7-16/h2-13,15H,14H2,1H3,(H,23,28). The van der Waals surface area contributed by atoms with E-state index in [9.17, 15) is 14.9 Å². The summed E-state index contributed by atoms with van der Waals surface area (Å²) in [5.74, 6) is 0.533. The lowest BCUT2D eigenvalue weighted by molar-refractivity contribution is -0.384. The molecule has 4 aromatic rings. The summed E-state index contributed by atoms with van der Waals surface area (Å²) in [6.07, 6.45) is 0. The Kier molecular flexibility index (Phi) is 6.62. The van der Waals surface area contributed by atoms with Gasteiger partial charge in [-0.15, -0.1) is 21.5 Å². The Bertz CT molecular complexity index is 1210. The van der Waals surface area contributed by atoms with Crippen LogP contribution in [0.15, 0.2) is 77.3 Å². The first-order valence-electron chi connectivity index (χ1n) is 9.74. The molecular weight excluding hydrogens is 446 g/mol. The zero-order valence-corrected chi connectivity index (χ0v) is 18.7. The highest BCUT2D eigenvalue weighted by molar-refractivity contribution is 8.00. The van der Waals surface area contributed by atoms with Gasteiger partial charge >= 0.3 is 0 Å². The van der Waals surface area contributed by atoms with Crippen molar-refractivity contribution in [1.82, 2.24) is 14.8 Å². The number of rotatable bonds is 8. The number of aromatic nitrogens is 3. The number of carbonyl (C=O) groups excluding carboxylic acids is 1. The number of nitrogens with one attached hydrogen (secondary N) is 1. The van der Waals surface area contributed by atoms with Crippen LogP contribution >= 0.6 is 23.1 Å². The van der Waals surface area contributed by atoms with Gasteiger partial charge in [-0.2, -0.15) is 0 Å². The summed E-state index contributed by atoms with van der Waals surface area (Å²) in [4.78, 5) is 24.0. The molecule has 0 saturated carbocycles. The predicted molar refractivity (Wildman–Crippen MR) is 126 cm³/mol. The van der Waals surface area contributed by atoms with Crippen LogP contribution in [0.25, 0.3) is 10.7 Å². The molecule has 0 saturated heterocycles. The summed E-state index contributed by atoms with van der Waals surface area (Å²) in [6.45, 7) is 2.37. The van der Waals surface area contributed by atoms with Crippen LogP contribution in [0.3, 0.4) is 0 Å². The molecule has 162 valence electrons. The number of anilines is 1. The second-order valence-corrected chi connectivity index (χ2v) is 9.16. The molecule has 2 aromatic heterocycles. The summed E-state index contributed by atoms with van der Waals surface area (Å²) in [5.41, 5.74) is 1.58. The third-order valence-corrected chi connectivity index (χ3v) is 6.59. The third-order valence-electron chi connectivity index (χ3n) is 4.64. The first-order chi connectivity index (χ1) is 15.5. The fourth-order valence-electron chi connectivity index (χ4n) is 2.99. The Morgan fingerprint density at radius 3 is 2.53 bits per heavy atom. The van der Waals surface area contributed by atoms with Gasteiger partial charge in [-0.25, -0.2) is 0 Å². The van der Waals surface area contributed by atoms with Crippen LogP contribution in [-0.2, 0) is 11.3 Å². The zero-order chi connectivity index (χ0) is 22.5. The van der Waals surface area contributed by atoms with E-state index in [1.54, 1.807) is 18.3 Å². The Morgan fingerprint density at radius 2 is 1.88 bits per heavy atom. The molecule has 2 heterocycles. The highest BCUT2D eigenvalue weighted by Gasteiger charge is 2.22. The highest BCUT2D eigenvalue weighted by Crippen LogP contribution is 2.30. The number of carbonyl (C=O) groups is 1. The smallest absolute Gasteiger partial charge is 0.269 e. The number of amides is 1. The van der Waals surface area contributed by atoms with Gasteiger partial charge in [0.15, 0.2) is 11.0 Å². The topological polar surface area (TPSA) is 103 Å². The average molecular weight is 466 g/mol. The molecule has 1 N–H and O–H groups in total. The van der Waals surface area contributed by atoms with Crippen molar-refractivity contribution in [3.05, 3.63) is 87.8 Å². The number of nitro groups is 1. The number of hydrogen-bond acceptors (Lipinski definition) is 7. The maximum absolute atomic E-state index is 12.7. The molecule has 0 bridgehead atoms. The lowest BCUT2D eigenvalue weighted by Gasteiger charge is -2.14. The number of thiophene rings is 1. The van der Waals surface area contributed by atoms with E-state index < -0.39 is 10.2 Å². The first kappa shape index (κ1) is 21.7. The van der Waals surface area contributed by atoms with E-state index in [0.717, 1.165) is 16.3 Å². The van der Waals surface area contributed by atoms with Crippen molar-refractivity contribution >= 4 is 40.4 Å². The molecule has 2 aromatic carbocycles. The average Bonchev–Trinajstić information content (AvgIpc) is 3.45. The van der Waals surface area contributed by atoms with Crippen LogP contribution in [0.2, 0.25) is 0 Å². The van der Waals surface area contributed by atoms with Gasteiger partial charge in [0.05, 0.1) is 21.6 Å². The van der Waals surface area contributed by atoms with Gasteiger partial charge in [0.1, 0.15) is 0 Å². The van der Waals surface area contributed by atoms with Gasteiger partial charge in [-0.1, -0.05) is 48.2 Å². The molecule has 10 heteroatoms. The first-order valence-corrected chi connectivity index (χ1v) is 11.5. The van der Waals surface area contributed by atoms with Crippen molar-refractivity contribution in [2.75, 3.05) is 5.32 Å². The summed E-state index contributed by atoms with van der Waals surface area (Å²) >= 11 is 2.90. The largest absolute Gasteiger partial charge is 0.325 e.